The minimum atomic E-state index is -5.05. The molecule has 0 heterocycles. The third kappa shape index (κ3) is 2.20. The lowest BCUT2D eigenvalue weighted by molar-refractivity contribution is -0.273. The van der Waals surface area contributed by atoms with E-state index in [1.165, 1.54) is 0 Å². The van der Waals surface area contributed by atoms with E-state index < -0.39 is 23.3 Å². The first-order valence-corrected chi connectivity index (χ1v) is 5.09. The molecule has 3 nitrogen and oxygen atoms in total. The van der Waals surface area contributed by atoms with Gasteiger partial charge in [0.1, 0.15) is 0 Å². The molecule has 1 N–H and O–H groups in total. The van der Waals surface area contributed by atoms with Crippen LogP contribution in [0.2, 0.25) is 0 Å². The van der Waals surface area contributed by atoms with E-state index in [0.717, 1.165) is 19.2 Å². The maximum atomic E-state index is 13.1. The fourth-order valence-corrected chi connectivity index (χ4v) is 1.91. The average Bonchev–Trinajstić information content (AvgIpc) is 2.14. The molecule has 0 saturated heterocycles. The number of carbonyl (C=O) groups is 1. The third-order valence-corrected chi connectivity index (χ3v) is 2.63. The molecule has 100 valence electrons. The van der Waals surface area contributed by atoms with Crippen LogP contribution in [0.4, 0.5) is 13.2 Å². The summed E-state index contributed by atoms with van der Waals surface area (Å²) in [6.45, 7) is 3.18. The zero-order valence-electron chi connectivity index (χ0n) is 10.1. The maximum absolute atomic E-state index is 13.1. The average molecular weight is 262 g/mol. The van der Waals surface area contributed by atoms with E-state index in [1.807, 2.05) is 0 Å². The van der Waals surface area contributed by atoms with Gasteiger partial charge in [-0.05, 0) is 13.8 Å². The molecule has 0 unspecified atom stereocenters. The molecular formula is C12H13F3O3. The van der Waals surface area contributed by atoms with Gasteiger partial charge in [-0.1, -0.05) is 29.3 Å². The summed E-state index contributed by atoms with van der Waals surface area (Å²) < 4.78 is 43.5. The highest BCUT2D eigenvalue weighted by atomic mass is 19.4. The smallest absolute Gasteiger partial charge is 0.432 e. The monoisotopic (exact) mass is 262 g/mol. The van der Waals surface area contributed by atoms with Crippen molar-refractivity contribution in [2.24, 2.45) is 0 Å². The molecule has 6 heteroatoms. The molecule has 0 radical (unpaired) electrons. The van der Waals surface area contributed by atoms with Gasteiger partial charge in [0.15, 0.2) is 0 Å². The molecule has 0 aromatic heterocycles. The van der Waals surface area contributed by atoms with E-state index in [-0.39, 0.29) is 0 Å². The number of rotatable bonds is 3. The van der Waals surface area contributed by atoms with Gasteiger partial charge >= 0.3 is 12.1 Å². The molecule has 1 rings (SSSR count). The number of hydrogen-bond donors (Lipinski definition) is 1. The molecule has 18 heavy (non-hydrogen) atoms. The number of alkyl halides is 3. The van der Waals surface area contributed by atoms with E-state index in [9.17, 15) is 18.0 Å². The molecule has 1 atom stereocenters. The molecule has 0 aliphatic carbocycles. The van der Waals surface area contributed by atoms with Crippen LogP contribution in [-0.2, 0) is 15.1 Å². The lowest BCUT2D eigenvalue weighted by Gasteiger charge is -2.30. The maximum Gasteiger partial charge on any atom is 0.432 e. The van der Waals surface area contributed by atoms with Gasteiger partial charge < -0.3 is 9.84 Å². The molecule has 0 aliphatic rings. The Morgan fingerprint density at radius 3 is 1.89 bits per heavy atom. The number of carboxylic acid groups (broad SMARTS) is 1. The summed E-state index contributed by atoms with van der Waals surface area (Å²) in [6, 6.07) is 3.98. The van der Waals surface area contributed by atoms with Crippen LogP contribution in [0.25, 0.3) is 0 Å². The van der Waals surface area contributed by atoms with Gasteiger partial charge in [0.2, 0.25) is 0 Å². The topological polar surface area (TPSA) is 46.5 Å². The van der Waals surface area contributed by atoms with Crippen LogP contribution in [0, 0.1) is 13.8 Å². The van der Waals surface area contributed by atoms with Crippen molar-refractivity contribution in [3.05, 3.63) is 34.9 Å². The fourth-order valence-electron chi connectivity index (χ4n) is 1.91. The molecular weight excluding hydrogens is 249 g/mol. The Kier molecular flexibility index (Phi) is 3.71. The number of halogens is 3. The minimum absolute atomic E-state index is 0.428. The van der Waals surface area contributed by atoms with Gasteiger partial charge in [0, 0.05) is 12.7 Å². The number of hydrogen-bond acceptors (Lipinski definition) is 2. The predicted octanol–water partition coefficient (Wildman–Crippen LogP) is 2.79. The molecule has 1 aromatic carbocycles. The predicted molar refractivity (Wildman–Crippen MR) is 58.3 cm³/mol. The van der Waals surface area contributed by atoms with E-state index in [0.29, 0.717) is 11.1 Å². The first-order valence-electron chi connectivity index (χ1n) is 5.09. The summed E-state index contributed by atoms with van der Waals surface area (Å²) in [7, 11) is 0.735. The normalized spacial score (nSPS) is 15.2. The molecule has 0 amide bonds. The van der Waals surface area contributed by atoms with Crippen molar-refractivity contribution < 1.29 is 27.8 Å². The Labute approximate surface area is 102 Å². The van der Waals surface area contributed by atoms with Gasteiger partial charge in [-0.25, -0.2) is 4.79 Å². The van der Waals surface area contributed by atoms with E-state index in [4.69, 9.17) is 5.11 Å². The molecule has 0 fully saturated rings. The van der Waals surface area contributed by atoms with Crippen molar-refractivity contribution in [2.75, 3.05) is 7.11 Å². The summed E-state index contributed by atoms with van der Waals surface area (Å²) in [5.74, 6) is -2.08. The molecule has 0 saturated carbocycles. The summed E-state index contributed by atoms with van der Waals surface area (Å²) in [5, 5.41) is 8.95. The Bertz CT molecular complexity index is 448. The first-order chi connectivity index (χ1) is 8.15. The SMILES string of the molecule is CO[C@@](C(=O)O)(c1cc(C)cc(C)c1)C(F)(F)F. The van der Waals surface area contributed by atoms with Crippen molar-refractivity contribution >= 4 is 5.97 Å². The lowest BCUT2D eigenvalue weighted by atomic mass is 9.90. The third-order valence-electron chi connectivity index (χ3n) is 2.63. The highest BCUT2D eigenvalue weighted by Crippen LogP contribution is 2.42. The van der Waals surface area contributed by atoms with E-state index in [1.54, 1.807) is 19.9 Å². The fraction of sp³-hybridized carbons (Fsp3) is 0.417. The van der Waals surface area contributed by atoms with E-state index >= 15 is 0 Å². The van der Waals surface area contributed by atoms with Gasteiger partial charge in [-0.2, -0.15) is 13.2 Å². The van der Waals surface area contributed by atoms with Gasteiger partial charge in [0.05, 0.1) is 0 Å². The summed E-state index contributed by atoms with van der Waals surface area (Å²) in [4.78, 5) is 11.1. The van der Waals surface area contributed by atoms with Crippen molar-refractivity contribution in [1.82, 2.24) is 0 Å². The largest absolute Gasteiger partial charge is 0.479 e. The summed E-state index contributed by atoms with van der Waals surface area (Å²) >= 11 is 0. The van der Waals surface area contributed by atoms with Crippen molar-refractivity contribution in [3.8, 4) is 0 Å². The van der Waals surface area contributed by atoms with Gasteiger partial charge in [-0.3, -0.25) is 0 Å². The van der Waals surface area contributed by atoms with E-state index in [2.05, 4.69) is 4.74 Å². The second kappa shape index (κ2) is 4.61. The van der Waals surface area contributed by atoms with Crippen LogP contribution >= 0.6 is 0 Å². The minimum Gasteiger partial charge on any atom is -0.479 e. The molecule has 1 aromatic rings. The van der Waals surface area contributed by atoms with Crippen LogP contribution in [0.5, 0.6) is 0 Å². The highest BCUT2D eigenvalue weighted by Gasteiger charge is 2.63. The van der Waals surface area contributed by atoms with Gasteiger partial charge in [-0.15, -0.1) is 0 Å². The van der Waals surface area contributed by atoms with Crippen LogP contribution in [0.1, 0.15) is 16.7 Å². The number of benzene rings is 1. The quantitative estimate of drug-likeness (QED) is 0.911. The van der Waals surface area contributed by atoms with Gasteiger partial charge in [0.25, 0.3) is 5.60 Å². The summed E-state index contributed by atoms with van der Waals surface area (Å²) in [5.41, 5.74) is -2.68. The second-order valence-electron chi connectivity index (χ2n) is 4.06. The number of aryl methyl sites for hydroxylation is 2. The van der Waals surface area contributed by atoms with Crippen molar-refractivity contribution in [1.29, 1.82) is 0 Å². The molecule has 0 bridgehead atoms. The second-order valence-corrected chi connectivity index (χ2v) is 4.06. The van der Waals surface area contributed by atoms with Crippen molar-refractivity contribution in [3.63, 3.8) is 0 Å². The number of aliphatic carboxylic acids is 1. The zero-order valence-corrected chi connectivity index (χ0v) is 10.1. The van der Waals surface area contributed by atoms with Crippen molar-refractivity contribution in [2.45, 2.75) is 25.6 Å². The van der Waals surface area contributed by atoms with Crippen LogP contribution < -0.4 is 0 Å². The Morgan fingerprint density at radius 1 is 1.17 bits per heavy atom. The van der Waals surface area contributed by atoms with Crippen LogP contribution in [-0.4, -0.2) is 24.4 Å². The molecule has 0 spiro atoms. The summed E-state index contributed by atoms with van der Waals surface area (Å²) in [6.07, 6.45) is -5.05. The Morgan fingerprint density at radius 2 is 1.61 bits per heavy atom. The number of carboxylic acids is 1. The highest BCUT2D eigenvalue weighted by molar-refractivity contribution is 5.81. The number of ether oxygens (including phenoxy) is 1. The van der Waals surface area contributed by atoms with Crippen LogP contribution in [0.3, 0.4) is 0 Å². The van der Waals surface area contributed by atoms with Crippen LogP contribution in [0.15, 0.2) is 18.2 Å². The molecule has 0 aliphatic heterocycles. The lowest BCUT2D eigenvalue weighted by Crippen LogP contribution is -2.50. The Balaban J connectivity index is 3.58. The first kappa shape index (κ1) is 14.5. The number of methoxy groups -OCH3 is 1. The Hall–Kier alpha value is -1.56. The standard InChI is InChI=1S/C12H13F3O3/c1-7-4-8(2)6-9(5-7)11(18-3,10(16)17)12(13,14)15/h4-6H,1-3H3,(H,16,17)/t11-/m1/s1. The zero-order chi connectivity index (χ0) is 14.1.